The van der Waals surface area contributed by atoms with E-state index in [1.165, 1.54) is 6.07 Å². The molecular weight excluding hydrogens is 370 g/mol. The molecule has 0 bridgehead atoms. The fourth-order valence-electron chi connectivity index (χ4n) is 2.40. The summed E-state index contributed by atoms with van der Waals surface area (Å²) in [7, 11) is 0. The zero-order chi connectivity index (χ0) is 19.4. The summed E-state index contributed by atoms with van der Waals surface area (Å²) in [5.41, 5.74) is 2.65. The lowest BCUT2D eigenvalue weighted by molar-refractivity contribution is 0.130. The summed E-state index contributed by atoms with van der Waals surface area (Å²) in [4.78, 5) is 9.71. The van der Waals surface area contributed by atoms with Gasteiger partial charge in [-0.3, -0.25) is 0 Å². The highest BCUT2D eigenvalue weighted by atomic mass is 35.5. The van der Waals surface area contributed by atoms with E-state index >= 15 is 0 Å². The van der Waals surface area contributed by atoms with Crippen LogP contribution in [-0.4, -0.2) is 26.1 Å². The van der Waals surface area contributed by atoms with Gasteiger partial charge < -0.3 is 19.6 Å². The minimum absolute atomic E-state index is 0.0192. The number of phenols is 2. The number of aromatic hydroxyl groups is 2. The second kappa shape index (κ2) is 8.09. The van der Waals surface area contributed by atoms with Crippen molar-refractivity contribution in [1.82, 2.24) is 10.1 Å². The Hall–Kier alpha value is -3.06. The molecule has 1 aromatic heterocycles. The normalized spacial score (nSPS) is 11.6. The van der Waals surface area contributed by atoms with Gasteiger partial charge in [-0.05, 0) is 30.7 Å². The molecular formula is C19H18ClN3O4. The molecule has 3 rings (SSSR count). The van der Waals surface area contributed by atoms with Crippen molar-refractivity contribution in [3.05, 3.63) is 58.4 Å². The number of aryl methyl sites for hydroxylation is 1. The molecule has 27 heavy (non-hydrogen) atoms. The minimum Gasteiger partial charge on any atom is -0.504 e. The zero-order valence-corrected chi connectivity index (χ0v) is 15.6. The molecule has 0 aliphatic heterocycles. The van der Waals surface area contributed by atoms with Crippen molar-refractivity contribution in [2.45, 2.75) is 26.9 Å². The second-order valence-electron chi connectivity index (χ2n) is 5.81. The van der Waals surface area contributed by atoms with Gasteiger partial charge in [-0.2, -0.15) is 4.98 Å². The van der Waals surface area contributed by atoms with Gasteiger partial charge in [0.1, 0.15) is 6.61 Å². The zero-order valence-electron chi connectivity index (χ0n) is 14.8. The quantitative estimate of drug-likeness (QED) is 0.371. The molecule has 0 spiro atoms. The maximum absolute atomic E-state index is 9.70. The molecule has 0 unspecified atom stereocenters. The number of phenolic OH excluding ortho intramolecular Hbond substituents is 2. The molecule has 8 heteroatoms. The molecule has 0 amide bonds. The fraction of sp³-hybridized carbons (Fsp3) is 0.211. The predicted octanol–water partition coefficient (Wildman–Crippen LogP) is 4.30. The van der Waals surface area contributed by atoms with Gasteiger partial charge in [-0.15, -0.1) is 0 Å². The van der Waals surface area contributed by atoms with Crippen molar-refractivity contribution in [2.75, 3.05) is 0 Å². The Morgan fingerprint density at radius 3 is 2.81 bits per heavy atom. The van der Waals surface area contributed by atoms with Crippen molar-refractivity contribution in [2.24, 2.45) is 5.16 Å². The van der Waals surface area contributed by atoms with Crippen molar-refractivity contribution < 1.29 is 19.6 Å². The lowest BCUT2D eigenvalue weighted by Gasteiger charge is -2.07. The van der Waals surface area contributed by atoms with Crippen LogP contribution in [0.5, 0.6) is 11.5 Å². The van der Waals surface area contributed by atoms with Gasteiger partial charge in [0.15, 0.2) is 11.5 Å². The van der Waals surface area contributed by atoms with E-state index in [1.807, 2.05) is 31.2 Å². The number of hydrogen-bond acceptors (Lipinski definition) is 7. The van der Waals surface area contributed by atoms with Crippen LogP contribution in [0.1, 0.15) is 30.9 Å². The third-order valence-corrected chi connectivity index (χ3v) is 4.26. The maximum Gasteiger partial charge on any atom is 0.226 e. The van der Waals surface area contributed by atoms with E-state index in [4.69, 9.17) is 21.0 Å². The number of halogens is 1. The van der Waals surface area contributed by atoms with Gasteiger partial charge in [-0.25, -0.2) is 0 Å². The van der Waals surface area contributed by atoms with E-state index in [2.05, 4.69) is 15.3 Å². The van der Waals surface area contributed by atoms with Crippen LogP contribution in [0.25, 0.3) is 11.4 Å². The Balaban J connectivity index is 1.71. The number of benzene rings is 2. The molecule has 2 N–H and O–H groups in total. The average Bonchev–Trinajstić information content (AvgIpc) is 3.16. The van der Waals surface area contributed by atoms with Gasteiger partial charge >= 0.3 is 0 Å². The molecule has 3 aromatic rings. The van der Waals surface area contributed by atoms with Crippen molar-refractivity contribution >= 4 is 17.3 Å². The predicted molar refractivity (Wildman–Crippen MR) is 101 cm³/mol. The van der Waals surface area contributed by atoms with Crippen LogP contribution in [0, 0.1) is 0 Å². The molecule has 1 heterocycles. The van der Waals surface area contributed by atoms with E-state index in [0.717, 1.165) is 11.1 Å². The Bertz CT molecular complexity index is 985. The summed E-state index contributed by atoms with van der Waals surface area (Å²) in [6.45, 7) is 3.87. The third kappa shape index (κ3) is 4.20. The second-order valence-corrected chi connectivity index (χ2v) is 6.19. The third-order valence-electron chi connectivity index (χ3n) is 3.87. The summed E-state index contributed by atoms with van der Waals surface area (Å²) in [6, 6.07) is 10.5. The van der Waals surface area contributed by atoms with Crippen LogP contribution >= 0.6 is 11.6 Å². The summed E-state index contributed by atoms with van der Waals surface area (Å²) < 4.78 is 5.13. The minimum atomic E-state index is -0.386. The number of aromatic nitrogens is 2. The van der Waals surface area contributed by atoms with E-state index in [-0.39, 0.29) is 23.1 Å². The smallest absolute Gasteiger partial charge is 0.226 e. The first-order valence-corrected chi connectivity index (χ1v) is 8.66. The largest absolute Gasteiger partial charge is 0.504 e. The first kappa shape index (κ1) is 18.7. The van der Waals surface area contributed by atoms with Crippen LogP contribution in [-0.2, 0) is 17.9 Å². The van der Waals surface area contributed by atoms with Crippen LogP contribution < -0.4 is 0 Å². The molecule has 140 valence electrons. The van der Waals surface area contributed by atoms with Crippen molar-refractivity contribution in [3.8, 4) is 22.9 Å². The molecule has 0 aliphatic rings. The molecule has 0 fully saturated rings. The van der Waals surface area contributed by atoms with Crippen LogP contribution in [0.2, 0.25) is 5.02 Å². The van der Waals surface area contributed by atoms with Crippen molar-refractivity contribution in [3.63, 3.8) is 0 Å². The van der Waals surface area contributed by atoms with Gasteiger partial charge in [0.2, 0.25) is 11.7 Å². The summed E-state index contributed by atoms with van der Waals surface area (Å²) in [5, 5.41) is 27.2. The SMILES string of the molecule is CCc1nc(-c2cccc(CON=C(C)c3ccc(O)c(O)c3Cl)c2)no1. The highest BCUT2D eigenvalue weighted by molar-refractivity contribution is 6.35. The van der Waals surface area contributed by atoms with Gasteiger partial charge in [-0.1, -0.05) is 47.0 Å². The van der Waals surface area contributed by atoms with E-state index in [9.17, 15) is 10.2 Å². The van der Waals surface area contributed by atoms with E-state index in [0.29, 0.717) is 29.4 Å². The Morgan fingerprint density at radius 2 is 2.07 bits per heavy atom. The first-order valence-electron chi connectivity index (χ1n) is 8.28. The summed E-state index contributed by atoms with van der Waals surface area (Å²) >= 11 is 6.02. The van der Waals surface area contributed by atoms with Gasteiger partial charge in [0.25, 0.3) is 0 Å². The van der Waals surface area contributed by atoms with Crippen LogP contribution in [0.3, 0.4) is 0 Å². The topological polar surface area (TPSA) is 101 Å². The number of hydrogen-bond donors (Lipinski definition) is 2. The first-order chi connectivity index (χ1) is 13.0. The van der Waals surface area contributed by atoms with Crippen molar-refractivity contribution in [1.29, 1.82) is 0 Å². The Morgan fingerprint density at radius 1 is 1.26 bits per heavy atom. The van der Waals surface area contributed by atoms with Gasteiger partial charge in [0.05, 0.1) is 10.7 Å². The molecule has 7 nitrogen and oxygen atoms in total. The molecule has 0 saturated heterocycles. The molecule has 0 aliphatic carbocycles. The summed E-state index contributed by atoms with van der Waals surface area (Å²) in [5.74, 6) is 0.436. The average molecular weight is 388 g/mol. The number of nitrogens with zero attached hydrogens (tertiary/aromatic N) is 3. The lowest BCUT2D eigenvalue weighted by atomic mass is 10.1. The summed E-state index contributed by atoms with van der Waals surface area (Å²) in [6.07, 6.45) is 0.680. The van der Waals surface area contributed by atoms with Gasteiger partial charge in [0, 0.05) is 17.5 Å². The lowest BCUT2D eigenvalue weighted by Crippen LogP contribution is -1.98. The van der Waals surface area contributed by atoms with E-state index < -0.39 is 0 Å². The number of oxime groups is 1. The monoisotopic (exact) mass is 387 g/mol. The Kier molecular flexibility index (Phi) is 5.61. The van der Waals surface area contributed by atoms with Crippen LogP contribution in [0.15, 0.2) is 46.1 Å². The van der Waals surface area contributed by atoms with E-state index in [1.54, 1.807) is 13.0 Å². The highest BCUT2D eigenvalue weighted by Crippen LogP contribution is 2.35. The molecule has 0 radical (unpaired) electrons. The molecule has 0 atom stereocenters. The Labute approximate surface area is 160 Å². The van der Waals surface area contributed by atoms with Crippen LogP contribution in [0.4, 0.5) is 0 Å². The maximum atomic E-state index is 9.70. The standard InChI is InChI=1S/C19H18ClN3O4/c1-3-16-21-19(23-27-16)13-6-4-5-12(9-13)10-26-22-11(2)14-7-8-15(24)18(25)17(14)20/h4-9,24-25H,3,10H2,1-2H3. The highest BCUT2D eigenvalue weighted by Gasteiger charge is 2.13. The number of rotatable bonds is 6. The fourth-order valence-corrected chi connectivity index (χ4v) is 2.70. The molecule has 2 aromatic carbocycles. The molecule has 0 saturated carbocycles.